The molecule has 0 aliphatic heterocycles. The van der Waals surface area contributed by atoms with Gasteiger partial charge in [0, 0.05) is 18.3 Å². The summed E-state index contributed by atoms with van der Waals surface area (Å²) in [5, 5.41) is 2.47. The van der Waals surface area contributed by atoms with E-state index in [-0.39, 0.29) is 23.5 Å². The molecule has 2 aromatic rings. The summed E-state index contributed by atoms with van der Waals surface area (Å²) in [6.07, 6.45) is 2.63. The first-order valence-electron chi connectivity index (χ1n) is 8.18. The topological polar surface area (TPSA) is 51.1 Å². The molecule has 0 radical (unpaired) electrons. The van der Waals surface area contributed by atoms with Gasteiger partial charge in [0.1, 0.15) is 11.4 Å². The predicted octanol–water partition coefficient (Wildman–Crippen LogP) is 3.05. The van der Waals surface area contributed by atoms with Crippen LogP contribution in [0.5, 0.6) is 0 Å². The Morgan fingerprint density at radius 2 is 2.00 bits per heavy atom. The number of pyridine rings is 1. The fraction of sp³-hybridized carbons (Fsp3) is 0.368. The second-order valence-electron chi connectivity index (χ2n) is 5.86. The van der Waals surface area contributed by atoms with Crippen LogP contribution in [0.3, 0.4) is 0 Å². The molecule has 1 amide bonds. The van der Waals surface area contributed by atoms with Crippen LogP contribution in [0.15, 0.2) is 35.1 Å². The molecular formula is C19H23FN2O2. The zero-order chi connectivity index (χ0) is 17.7. The van der Waals surface area contributed by atoms with Gasteiger partial charge in [-0.05, 0) is 37.5 Å². The van der Waals surface area contributed by atoms with Crippen LogP contribution in [-0.2, 0) is 13.0 Å². The van der Waals surface area contributed by atoms with Gasteiger partial charge >= 0.3 is 0 Å². The molecule has 0 bridgehead atoms. The van der Waals surface area contributed by atoms with Crippen LogP contribution in [0.25, 0.3) is 0 Å². The molecule has 0 unspecified atom stereocenters. The molecule has 1 aromatic carbocycles. The number of hydrogen-bond donors (Lipinski definition) is 1. The third kappa shape index (κ3) is 3.72. The van der Waals surface area contributed by atoms with Gasteiger partial charge in [-0.15, -0.1) is 0 Å². The highest BCUT2D eigenvalue weighted by atomic mass is 19.1. The Hall–Kier alpha value is -2.43. The summed E-state index contributed by atoms with van der Waals surface area (Å²) in [5.41, 5.74) is 1.49. The molecule has 0 fully saturated rings. The van der Waals surface area contributed by atoms with E-state index in [1.807, 2.05) is 0 Å². The highest BCUT2D eigenvalue weighted by molar-refractivity contribution is 5.93. The average Bonchev–Trinajstić information content (AvgIpc) is 2.58. The fourth-order valence-electron chi connectivity index (χ4n) is 2.67. The largest absolute Gasteiger partial charge is 0.355 e. The maximum Gasteiger partial charge on any atom is 0.263 e. The molecule has 0 saturated heterocycles. The Bertz CT molecular complexity index is 796. The Morgan fingerprint density at radius 3 is 2.67 bits per heavy atom. The normalized spacial score (nSPS) is 10.7. The molecule has 0 aliphatic carbocycles. The van der Waals surface area contributed by atoms with E-state index in [9.17, 15) is 14.0 Å². The standard InChI is InChI=1S/C19H23FN2O2/c1-4-5-9-15-10-11-16(18(23)21-3)19(24)22(15)12-14-8-6-7-13(2)17(14)20/h6-8,10-11H,4-5,9,12H2,1-3H3,(H,21,23). The minimum atomic E-state index is -0.430. The summed E-state index contributed by atoms with van der Waals surface area (Å²) in [7, 11) is 1.48. The van der Waals surface area contributed by atoms with Crippen molar-refractivity contribution in [3.63, 3.8) is 0 Å². The van der Waals surface area contributed by atoms with Gasteiger partial charge < -0.3 is 9.88 Å². The molecule has 2 rings (SSSR count). The lowest BCUT2D eigenvalue weighted by Gasteiger charge is -2.15. The lowest BCUT2D eigenvalue weighted by atomic mass is 10.1. The maximum absolute atomic E-state index is 14.3. The van der Waals surface area contributed by atoms with E-state index in [1.54, 1.807) is 37.3 Å². The van der Waals surface area contributed by atoms with Crippen LogP contribution in [0.4, 0.5) is 4.39 Å². The van der Waals surface area contributed by atoms with E-state index in [0.29, 0.717) is 17.5 Å². The summed E-state index contributed by atoms with van der Waals surface area (Å²) in [6.45, 7) is 3.89. The number of aromatic nitrogens is 1. The first-order valence-corrected chi connectivity index (χ1v) is 8.18. The Morgan fingerprint density at radius 1 is 1.25 bits per heavy atom. The van der Waals surface area contributed by atoms with E-state index in [2.05, 4.69) is 12.2 Å². The molecule has 0 spiro atoms. The van der Waals surface area contributed by atoms with Gasteiger partial charge in [0.05, 0.1) is 6.54 Å². The van der Waals surface area contributed by atoms with Gasteiger partial charge in [-0.2, -0.15) is 0 Å². The van der Waals surface area contributed by atoms with Gasteiger partial charge in [-0.1, -0.05) is 31.5 Å². The van der Waals surface area contributed by atoms with Gasteiger partial charge in [-0.25, -0.2) is 4.39 Å². The summed E-state index contributed by atoms with van der Waals surface area (Å²) >= 11 is 0. The average molecular weight is 330 g/mol. The van der Waals surface area contributed by atoms with Crippen molar-refractivity contribution >= 4 is 5.91 Å². The molecule has 4 nitrogen and oxygen atoms in total. The minimum absolute atomic E-state index is 0.0748. The molecule has 0 aliphatic rings. The van der Waals surface area contributed by atoms with Crippen LogP contribution < -0.4 is 10.9 Å². The van der Waals surface area contributed by atoms with E-state index in [1.165, 1.54) is 11.6 Å². The predicted molar refractivity (Wildman–Crippen MR) is 92.9 cm³/mol. The lowest BCUT2D eigenvalue weighted by molar-refractivity contribution is 0.0961. The van der Waals surface area contributed by atoms with E-state index < -0.39 is 5.91 Å². The maximum atomic E-state index is 14.3. The SMILES string of the molecule is CCCCc1ccc(C(=O)NC)c(=O)n1Cc1cccc(C)c1F. The van der Waals surface area contributed by atoms with Crippen molar-refractivity contribution < 1.29 is 9.18 Å². The van der Waals surface area contributed by atoms with E-state index in [4.69, 9.17) is 0 Å². The Labute approximate surface area is 141 Å². The second-order valence-corrected chi connectivity index (χ2v) is 5.86. The van der Waals surface area contributed by atoms with Gasteiger partial charge in [0.25, 0.3) is 11.5 Å². The van der Waals surface area contributed by atoms with Crippen LogP contribution >= 0.6 is 0 Å². The van der Waals surface area contributed by atoms with E-state index in [0.717, 1.165) is 18.5 Å². The molecule has 24 heavy (non-hydrogen) atoms. The lowest BCUT2D eigenvalue weighted by Crippen LogP contribution is -2.33. The zero-order valence-electron chi connectivity index (χ0n) is 14.4. The number of benzene rings is 1. The first-order chi connectivity index (χ1) is 11.5. The molecule has 5 heteroatoms. The monoisotopic (exact) mass is 330 g/mol. The molecular weight excluding hydrogens is 307 g/mol. The van der Waals surface area contributed by atoms with Crippen molar-refractivity contribution in [2.45, 2.75) is 39.7 Å². The summed E-state index contributed by atoms with van der Waals surface area (Å²) < 4.78 is 15.8. The van der Waals surface area contributed by atoms with Crippen molar-refractivity contribution in [2.75, 3.05) is 7.05 Å². The number of nitrogens with zero attached hydrogens (tertiary/aromatic N) is 1. The van der Waals surface area contributed by atoms with Gasteiger partial charge in [0.2, 0.25) is 0 Å². The Balaban J connectivity index is 2.53. The molecule has 1 heterocycles. The number of nitrogens with one attached hydrogen (secondary N) is 1. The first kappa shape index (κ1) is 17.9. The van der Waals surface area contributed by atoms with Crippen LogP contribution in [-0.4, -0.2) is 17.5 Å². The quantitative estimate of drug-likeness (QED) is 0.885. The molecule has 1 aromatic heterocycles. The molecule has 0 saturated carbocycles. The number of carbonyl (C=O) groups is 1. The van der Waals surface area contributed by atoms with Crippen LogP contribution in [0.1, 0.15) is 46.9 Å². The van der Waals surface area contributed by atoms with Crippen molar-refractivity contribution in [3.05, 3.63) is 68.9 Å². The minimum Gasteiger partial charge on any atom is -0.355 e. The van der Waals surface area contributed by atoms with Crippen molar-refractivity contribution in [3.8, 4) is 0 Å². The third-order valence-corrected chi connectivity index (χ3v) is 4.12. The summed E-state index contributed by atoms with van der Waals surface area (Å²) in [4.78, 5) is 24.6. The fourth-order valence-corrected chi connectivity index (χ4v) is 2.67. The van der Waals surface area contributed by atoms with Crippen LogP contribution in [0, 0.1) is 12.7 Å². The van der Waals surface area contributed by atoms with Gasteiger partial charge in [-0.3, -0.25) is 9.59 Å². The van der Waals surface area contributed by atoms with Crippen LogP contribution in [0.2, 0.25) is 0 Å². The summed E-state index contributed by atoms with van der Waals surface area (Å²) in [5.74, 6) is -0.739. The molecule has 1 N–H and O–H groups in total. The number of carbonyl (C=O) groups excluding carboxylic acids is 1. The molecule has 128 valence electrons. The number of amides is 1. The van der Waals surface area contributed by atoms with Crippen molar-refractivity contribution in [2.24, 2.45) is 0 Å². The van der Waals surface area contributed by atoms with E-state index >= 15 is 0 Å². The van der Waals surface area contributed by atoms with Crippen molar-refractivity contribution in [1.82, 2.24) is 9.88 Å². The van der Waals surface area contributed by atoms with Gasteiger partial charge in [0.15, 0.2) is 0 Å². The number of halogens is 1. The zero-order valence-corrected chi connectivity index (χ0v) is 14.4. The number of unbranched alkanes of at least 4 members (excludes halogenated alkanes) is 1. The summed E-state index contributed by atoms with van der Waals surface area (Å²) in [6, 6.07) is 8.48. The smallest absolute Gasteiger partial charge is 0.263 e. The second kappa shape index (κ2) is 7.90. The Kier molecular flexibility index (Phi) is 5.90. The third-order valence-electron chi connectivity index (χ3n) is 4.12. The highest BCUT2D eigenvalue weighted by Crippen LogP contribution is 2.15. The number of rotatable bonds is 6. The van der Waals surface area contributed by atoms with Crippen molar-refractivity contribution in [1.29, 1.82) is 0 Å². The number of aryl methyl sites for hydroxylation is 2. The highest BCUT2D eigenvalue weighted by Gasteiger charge is 2.15. The molecule has 0 atom stereocenters. The number of hydrogen-bond acceptors (Lipinski definition) is 2.